The molecule has 1 aromatic rings. The van der Waals surface area contributed by atoms with Gasteiger partial charge in [-0.05, 0) is 18.6 Å². The molecule has 26 heavy (non-hydrogen) atoms. The number of phenols is 1. The minimum Gasteiger partial charge on any atom is -0.504 e. The standard InChI is InChI=1S/C17H18O9/c1-3-4-8-5-6-9(19)13(24-2)11(8)16(22)26-15-12(21)17(23)25-14(15)10(20)7-18/h3-6,10,14,18-21H,7H2,1-2H3/t10-,14+/m0/s1. The zero-order valence-corrected chi connectivity index (χ0v) is 14.0. The zero-order valence-electron chi connectivity index (χ0n) is 14.0. The molecule has 9 nitrogen and oxygen atoms in total. The lowest BCUT2D eigenvalue weighted by Crippen LogP contribution is -2.33. The van der Waals surface area contributed by atoms with Crippen molar-refractivity contribution in [3.63, 3.8) is 0 Å². The first-order valence-electron chi connectivity index (χ1n) is 7.53. The van der Waals surface area contributed by atoms with Crippen LogP contribution in [0.25, 0.3) is 6.08 Å². The number of hydrogen-bond donors (Lipinski definition) is 4. The van der Waals surface area contributed by atoms with E-state index in [1.54, 1.807) is 19.1 Å². The Labute approximate surface area is 148 Å². The van der Waals surface area contributed by atoms with E-state index >= 15 is 0 Å². The molecule has 0 unspecified atom stereocenters. The molecule has 4 N–H and O–H groups in total. The second-order valence-electron chi connectivity index (χ2n) is 5.26. The number of aliphatic hydroxyl groups is 3. The summed E-state index contributed by atoms with van der Waals surface area (Å²) >= 11 is 0. The van der Waals surface area contributed by atoms with Crippen molar-refractivity contribution in [2.24, 2.45) is 0 Å². The van der Waals surface area contributed by atoms with E-state index in [0.29, 0.717) is 5.56 Å². The van der Waals surface area contributed by atoms with Crippen LogP contribution >= 0.6 is 0 Å². The quantitative estimate of drug-likeness (QED) is 0.533. The van der Waals surface area contributed by atoms with Crippen LogP contribution in [0.2, 0.25) is 0 Å². The van der Waals surface area contributed by atoms with Crippen LogP contribution < -0.4 is 4.74 Å². The third-order valence-electron chi connectivity index (χ3n) is 3.58. The molecule has 9 heteroatoms. The van der Waals surface area contributed by atoms with E-state index in [2.05, 4.69) is 4.74 Å². The lowest BCUT2D eigenvalue weighted by atomic mass is 10.0. The molecule has 0 spiro atoms. The van der Waals surface area contributed by atoms with Crippen LogP contribution in [-0.2, 0) is 14.3 Å². The van der Waals surface area contributed by atoms with Gasteiger partial charge in [-0.1, -0.05) is 18.2 Å². The van der Waals surface area contributed by atoms with Gasteiger partial charge in [0.1, 0.15) is 11.7 Å². The summed E-state index contributed by atoms with van der Waals surface area (Å²) < 4.78 is 14.8. The van der Waals surface area contributed by atoms with Crippen LogP contribution in [0.3, 0.4) is 0 Å². The SMILES string of the molecule is CC=Cc1ccc(O)c(OC)c1C(=O)OC1=C(O)C(=O)O[C@@H]1[C@@H](O)CO. The van der Waals surface area contributed by atoms with Gasteiger partial charge >= 0.3 is 11.9 Å². The van der Waals surface area contributed by atoms with Gasteiger partial charge in [-0.25, -0.2) is 9.59 Å². The van der Waals surface area contributed by atoms with Crippen LogP contribution in [0.4, 0.5) is 0 Å². The summed E-state index contributed by atoms with van der Waals surface area (Å²) in [6.45, 7) is 0.908. The number of carbonyl (C=O) groups excluding carboxylic acids is 2. The normalized spacial score (nSPS) is 18.2. The van der Waals surface area contributed by atoms with Crippen molar-refractivity contribution in [2.75, 3.05) is 13.7 Å². The Bertz CT molecular complexity index is 779. The zero-order chi connectivity index (χ0) is 19.4. The number of benzene rings is 1. The van der Waals surface area contributed by atoms with E-state index in [1.807, 2.05) is 0 Å². The van der Waals surface area contributed by atoms with Gasteiger partial charge in [0.2, 0.25) is 11.5 Å². The van der Waals surface area contributed by atoms with Crippen LogP contribution in [0.15, 0.2) is 29.7 Å². The molecule has 1 aliphatic heterocycles. The highest BCUT2D eigenvalue weighted by atomic mass is 16.6. The summed E-state index contributed by atoms with van der Waals surface area (Å²) in [5.41, 5.74) is 0.180. The van der Waals surface area contributed by atoms with Crippen molar-refractivity contribution < 1.29 is 44.2 Å². The molecule has 0 amide bonds. The minimum atomic E-state index is -1.60. The number of rotatable bonds is 6. The molecule has 0 aliphatic carbocycles. The predicted octanol–water partition coefficient (Wildman–Crippen LogP) is 0.639. The van der Waals surface area contributed by atoms with Crippen molar-refractivity contribution >= 4 is 18.0 Å². The number of carbonyl (C=O) groups is 2. The van der Waals surface area contributed by atoms with E-state index in [1.165, 1.54) is 19.2 Å². The molecule has 0 radical (unpaired) electrons. The molecule has 1 heterocycles. The summed E-state index contributed by atoms with van der Waals surface area (Å²) in [6.07, 6.45) is 0.0422. The Hall–Kier alpha value is -3.04. The van der Waals surface area contributed by atoms with E-state index in [0.717, 1.165) is 0 Å². The topological polar surface area (TPSA) is 143 Å². The molecule has 0 aromatic heterocycles. The molecule has 140 valence electrons. The first-order valence-corrected chi connectivity index (χ1v) is 7.53. The van der Waals surface area contributed by atoms with Crippen molar-refractivity contribution in [1.29, 1.82) is 0 Å². The number of allylic oxidation sites excluding steroid dienone is 1. The minimum absolute atomic E-state index is 0.164. The number of cyclic esters (lactones) is 1. The van der Waals surface area contributed by atoms with Gasteiger partial charge in [0.15, 0.2) is 17.6 Å². The average Bonchev–Trinajstić information content (AvgIpc) is 2.90. The summed E-state index contributed by atoms with van der Waals surface area (Å²) in [6, 6.07) is 2.77. The van der Waals surface area contributed by atoms with Gasteiger partial charge < -0.3 is 34.6 Å². The van der Waals surface area contributed by atoms with Gasteiger partial charge in [-0.15, -0.1) is 0 Å². The van der Waals surface area contributed by atoms with Gasteiger partial charge in [0.05, 0.1) is 13.7 Å². The van der Waals surface area contributed by atoms with Crippen molar-refractivity contribution in [3.8, 4) is 11.5 Å². The fraction of sp³-hybridized carbons (Fsp3) is 0.294. The monoisotopic (exact) mass is 366 g/mol. The first kappa shape index (κ1) is 19.3. The second kappa shape index (κ2) is 7.89. The molecule has 2 rings (SSSR count). The highest BCUT2D eigenvalue weighted by Crippen LogP contribution is 2.35. The Morgan fingerprint density at radius 3 is 2.65 bits per heavy atom. The average molecular weight is 366 g/mol. The van der Waals surface area contributed by atoms with Gasteiger partial charge in [-0.2, -0.15) is 0 Å². The fourth-order valence-electron chi connectivity index (χ4n) is 2.39. The molecule has 2 atom stereocenters. The molecule has 0 bridgehead atoms. The number of methoxy groups -OCH3 is 1. The maximum Gasteiger partial charge on any atom is 0.378 e. The summed E-state index contributed by atoms with van der Waals surface area (Å²) in [5.74, 6) is -4.41. The number of phenolic OH excluding ortho intramolecular Hbond substituents is 1. The van der Waals surface area contributed by atoms with Crippen molar-refractivity contribution in [1.82, 2.24) is 0 Å². The molecule has 1 aliphatic rings. The van der Waals surface area contributed by atoms with Crippen LogP contribution in [0.5, 0.6) is 11.5 Å². The number of esters is 2. The molecule has 1 aromatic carbocycles. The molecular formula is C17H18O9. The highest BCUT2D eigenvalue weighted by Gasteiger charge is 2.42. The maximum absolute atomic E-state index is 12.6. The Kier molecular flexibility index (Phi) is 5.86. The third kappa shape index (κ3) is 3.48. The smallest absolute Gasteiger partial charge is 0.378 e. The number of aliphatic hydroxyl groups excluding tert-OH is 3. The largest absolute Gasteiger partial charge is 0.504 e. The lowest BCUT2D eigenvalue weighted by molar-refractivity contribution is -0.147. The summed E-state index contributed by atoms with van der Waals surface area (Å²) in [4.78, 5) is 24.1. The predicted molar refractivity (Wildman–Crippen MR) is 87.4 cm³/mol. The molecule has 0 saturated carbocycles. The van der Waals surface area contributed by atoms with Crippen LogP contribution in [-0.4, -0.2) is 58.3 Å². The van der Waals surface area contributed by atoms with Gasteiger partial charge in [-0.3, -0.25) is 0 Å². The van der Waals surface area contributed by atoms with E-state index < -0.39 is 42.3 Å². The lowest BCUT2D eigenvalue weighted by Gasteiger charge is -2.18. The Morgan fingerprint density at radius 2 is 2.08 bits per heavy atom. The maximum atomic E-state index is 12.6. The van der Waals surface area contributed by atoms with Gasteiger partial charge in [0.25, 0.3) is 0 Å². The number of hydrogen-bond acceptors (Lipinski definition) is 9. The summed E-state index contributed by atoms with van der Waals surface area (Å²) in [5, 5.41) is 38.4. The Morgan fingerprint density at radius 1 is 1.38 bits per heavy atom. The summed E-state index contributed by atoms with van der Waals surface area (Å²) in [7, 11) is 1.24. The fourth-order valence-corrected chi connectivity index (χ4v) is 2.39. The molecular weight excluding hydrogens is 348 g/mol. The van der Waals surface area contributed by atoms with Crippen LogP contribution in [0, 0.1) is 0 Å². The van der Waals surface area contributed by atoms with Crippen molar-refractivity contribution in [2.45, 2.75) is 19.1 Å². The number of aromatic hydroxyl groups is 1. The van der Waals surface area contributed by atoms with Crippen LogP contribution in [0.1, 0.15) is 22.8 Å². The van der Waals surface area contributed by atoms with Gasteiger partial charge in [0, 0.05) is 0 Å². The first-order chi connectivity index (χ1) is 12.3. The third-order valence-corrected chi connectivity index (χ3v) is 3.58. The molecule has 0 fully saturated rings. The van der Waals surface area contributed by atoms with E-state index in [9.17, 15) is 24.9 Å². The van der Waals surface area contributed by atoms with E-state index in [4.69, 9.17) is 14.6 Å². The Balaban J connectivity index is 2.47. The second-order valence-corrected chi connectivity index (χ2v) is 5.26. The highest BCUT2D eigenvalue weighted by molar-refractivity contribution is 5.99. The van der Waals surface area contributed by atoms with E-state index in [-0.39, 0.29) is 17.1 Å². The van der Waals surface area contributed by atoms with Crippen molar-refractivity contribution in [3.05, 3.63) is 40.9 Å². The number of ether oxygens (including phenoxy) is 3. The molecule has 0 saturated heterocycles.